The van der Waals surface area contributed by atoms with Crippen LogP contribution >= 0.6 is 11.5 Å². The van der Waals surface area contributed by atoms with Gasteiger partial charge in [-0.25, -0.2) is 0 Å². The molecule has 0 atom stereocenters. The average molecular weight is 317 g/mol. The first-order valence-electron chi connectivity index (χ1n) is 8.12. The van der Waals surface area contributed by atoms with Crippen LogP contribution in [0.25, 0.3) is 10.9 Å². The summed E-state index contributed by atoms with van der Waals surface area (Å²) in [6, 6.07) is 8.30. The first kappa shape index (κ1) is 15.3. The fraction of sp³-hybridized carbons (Fsp3) is 0.529. The quantitative estimate of drug-likeness (QED) is 0.867. The molecule has 2 heterocycles. The number of anilines is 1. The molecule has 1 aliphatic rings. The van der Waals surface area contributed by atoms with Crippen molar-refractivity contribution >= 4 is 33.3 Å². The number of fused-ring (bicyclic) bond motifs is 1. The van der Waals surface area contributed by atoms with Gasteiger partial charge in [-0.15, -0.1) is 0 Å². The molecule has 1 fully saturated rings. The highest BCUT2D eigenvalue weighted by atomic mass is 32.1. The molecule has 0 N–H and O–H groups in total. The van der Waals surface area contributed by atoms with Gasteiger partial charge in [0.15, 0.2) is 0 Å². The predicted octanol–water partition coefficient (Wildman–Crippen LogP) is 3.38. The summed E-state index contributed by atoms with van der Waals surface area (Å²) < 4.78 is 4.53. The van der Waals surface area contributed by atoms with Gasteiger partial charge >= 0.3 is 0 Å². The van der Waals surface area contributed by atoms with E-state index in [1.54, 1.807) is 11.5 Å². The minimum Gasteiger partial charge on any atom is -0.362 e. The van der Waals surface area contributed by atoms with Gasteiger partial charge in [-0.3, -0.25) is 4.79 Å². The van der Waals surface area contributed by atoms with Crippen LogP contribution in [0.1, 0.15) is 26.7 Å². The predicted molar refractivity (Wildman–Crippen MR) is 92.5 cm³/mol. The number of hydrogen-bond donors (Lipinski definition) is 0. The minimum atomic E-state index is 0.190. The summed E-state index contributed by atoms with van der Waals surface area (Å²) in [5, 5.41) is 2.49. The van der Waals surface area contributed by atoms with E-state index in [0.29, 0.717) is 5.91 Å². The van der Waals surface area contributed by atoms with Crippen molar-refractivity contribution in [3.05, 3.63) is 24.3 Å². The Hall–Kier alpha value is -1.62. The molecular weight excluding hydrogens is 294 g/mol. The van der Waals surface area contributed by atoms with Gasteiger partial charge in [-0.2, -0.15) is 4.37 Å². The maximum atomic E-state index is 12.5. The van der Waals surface area contributed by atoms with Gasteiger partial charge in [0.25, 0.3) is 0 Å². The summed E-state index contributed by atoms with van der Waals surface area (Å²) in [4.78, 5) is 16.8. The van der Waals surface area contributed by atoms with Crippen LogP contribution in [0, 0.1) is 5.92 Å². The van der Waals surface area contributed by atoms with Crippen LogP contribution in [0.2, 0.25) is 0 Å². The first-order valence-corrected chi connectivity index (χ1v) is 8.90. The van der Waals surface area contributed by atoms with E-state index in [9.17, 15) is 4.79 Å². The van der Waals surface area contributed by atoms with Gasteiger partial charge in [0.2, 0.25) is 5.91 Å². The fourth-order valence-electron chi connectivity index (χ4n) is 3.23. The number of amides is 1. The molecule has 2 aromatic rings. The van der Waals surface area contributed by atoms with Gasteiger partial charge in [0, 0.05) is 37.5 Å². The summed E-state index contributed by atoms with van der Waals surface area (Å²) in [6.45, 7) is 7.64. The highest BCUT2D eigenvalue weighted by Crippen LogP contribution is 2.34. The number of piperidine rings is 1. The summed E-state index contributed by atoms with van der Waals surface area (Å²) in [5.41, 5.74) is 1.07. The Kier molecular flexibility index (Phi) is 4.62. The summed E-state index contributed by atoms with van der Waals surface area (Å²) >= 11 is 1.57. The standard InChI is InChI=1S/C17H23N3OS/c1-3-19(4-2)16(21)13-9-11-20(12-10-13)17-14-7-5-6-8-15(14)18-22-17/h5-8,13H,3-4,9-12H2,1-2H3. The molecule has 1 saturated heterocycles. The molecule has 0 saturated carbocycles. The zero-order chi connectivity index (χ0) is 15.5. The van der Waals surface area contributed by atoms with Gasteiger partial charge in [0.05, 0.1) is 5.52 Å². The molecule has 1 aromatic heterocycles. The van der Waals surface area contributed by atoms with Crippen LogP contribution in [0.4, 0.5) is 5.00 Å². The van der Waals surface area contributed by atoms with E-state index in [-0.39, 0.29) is 5.92 Å². The van der Waals surface area contributed by atoms with E-state index in [1.165, 1.54) is 10.4 Å². The van der Waals surface area contributed by atoms with Gasteiger partial charge in [-0.05, 0) is 50.4 Å². The Morgan fingerprint density at radius 2 is 1.95 bits per heavy atom. The minimum absolute atomic E-state index is 0.190. The molecule has 0 bridgehead atoms. The summed E-state index contributed by atoms with van der Waals surface area (Å²) in [7, 11) is 0. The molecule has 5 heteroatoms. The lowest BCUT2D eigenvalue weighted by Gasteiger charge is -2.34. The van der Waals surface area contributed by atoms with E-state index in [2.05, 4.69) is 41.3 Å². The SMILES string of the molecule is CCN(CC)C(=O)C1CCN(c2snc3ccccc23)CC1. The van der Waals surface area contributed by atoms with Crippen LogP contribution in [-0.2, 0) is 4.79 Å². The van der Waals surface area contributed by atoms with E-state index < -0.39 is 0 Å². The van der Waals surface area contributed by atoms with Crippen molar-refractivity contribution in [2.45, 2.75) is 26.7 Å². The Morgan fingerprint density at radius 3 is 2.64 bits per heavy atom. The number of rotatable bonds is 4. The zero-order valence-electron chi connectivity index (χ0n) is 13.3. The number of aromatic nitrogens is 1. The normalized spacial score (nSPS) is 16.2. The molecule has 0 aliphatic carbocycles. The van der Waals surface area contributed by atoms with Gasteiger partial charge in [-0.1, -0.05) is 12.1 Å². The van der Waals surface area contributed by atoms with Crippen molar-refractivity contribution in [1.29, 1.82) is 0 Å². The Bertz CT molecular complexity index is 642. The van der Waals surface area contributed by atoms with E-state index in [4.69, 9.17) is 0 Å². The van der Waals surface area contributed by atoms with E-state index >= 15 is 0 Å². The van der Waals surface area contributed by atoms with Crippen molar-refractivity contribution < 1.29 is 4.79 Å². The molecule has 0 radical (unpaired) electrons. The Labute approximate surface area is 135 Å². The van der Waals surface area contributed by atoms with Crippen LogP contribution in [-0.4, -0.2) is 41.4 Å². The lowest BCUT2D eigenvalue weighted by atomic mass is 9.95. The van der Waals surface area contributed by atoms with Crippen LogP contribution in [0.3, 0.4) is 0 Å². The number of hydrogen-bond acceptors (Lipinski definition) is 4. The smallest absolute Gasteiger partial charge is 0.225 e. The molecule has 1 amide bonds. The molecule has 118 valence electrons. The van der Waals surface area contributed by atoms with Crippen molar-refractivity contribution in [2.75, 3.05) is 31.1 Å². The molecule has 22 heavy (non-hydrogen) atoms. The van der Waals surface area contributed by atoms with Crippen LogP contribution in [0.15, 0.2) is 24.3 Å². The average Bonchev–Trinajstić information content (AvgIpc) is 3.00. The molecule has 4 nitrogen and oxygen atoms in total. The largest absolute Gasteiger partial charge is 0.362 e. The zero-order valence-corrected chi connectivity index (χ0v) is 14.1. The highest BCUT2D eigenvalue weighted by Gasteiger charge is 2.28. The topological polar surface area (TPSA) is 36.4 Å². The second-order valence-electron chi connectivity index (χ2n) is 5.78. The third kappa shape index (κ3) is 2.82. The number of nitrogens with zero attached hydrogens (tertiary/aromatic N) is 3. The van der Waals surface area contributed by atoms with Gasteiger partial charge < -0.3 is 9.80 Å². The monoisotopic (exact) mass is 317 g/mol. The molecule has 0 unspecified atom stereocenters. The third-order valence-electron chi connectivity index (χ3n) is 4.57. The molecule has 1 aromatic carbocycles. The molecule has 3 rings (SSSR count). The second kappa shape index (κ2) is 6.65. The number of carbonyl (C=O) groups excluding carboxylic acids is 1. The van der Waals surface area contributed by atoms with Crippen LogP contribution < -0.4 is 4.90 Å². The first-order chi connectivity index (χ1) is 10.7. The number of benzene rings is 1. The molecule has 1 aliphatic heterocycles. The summed E-state index contributed by atoms with van der Waals surface area (Å²) in [6.07, 6.45) is 1.89. The summed E-state index contributed by atoms with van der Waals surface area (Å²) in [5.74, 6) is 0.522. The third-order valence-corrected chi connectivity index (χ3v) is 5.51. The Balaban J connectivity index is 1.68. The highest BCUT2D eigenvalue weighted by molar-refractivity contribution is 7.11. The Morgan fingerprint density at radius 1 is 1.27 bits per heavy atom. The maximum Gasteiger partial charge on any atom is 0.225 e. The number of carbonyl (C=O) groups is 1. The van der Waals surface area contributed by atoms with Crippen LogP contribution in [0.5, 0.6) is 0 Å². The van der Waals surface area contributed by atoms with Gasteiger partial charge in [0.1, 0.15) is 5.00 Å². The fourth-order valence-corrected chi connectivity index (χ4v) is 4.14. The van der Waals surface area contributed by atoms with Crippen molar-refractivity contribution in [1.82, 2.24) is 9.27 Å². The molecule has 0 spiro atoms. The van der Waals surface area contributed by atoms with E-state index in [0.717, 1.165) is 44.5 Å². The van der Waals surface area contributed by atoms with Crippen molar-refractivity contribution in [3.63, 3.8) is 0 Å². The molecular formula is C17H23N3OS. The lowest BCUT2D eigenvalue weighted by molar-refractivity contribution is -0.135. The van der Waals surface area contributed by atoms with E-state index in [1.807, 2.05) is 11.0 Å². The van der Waals surface area contributed by atoms with Crippen molar-refractivity contribution in [3.8, 4) is 0 Å². The second-order valence-corrected chi connectivity index (χ2v) is 6.53. The van der Waals surface area contributed by atoms with Crippen molar-refractivity contribution in [2.24, 2.45) is 5.92 Å². The lowest BCUT2D eigenvalue weighted by Crippen LogP contribution is -2.42. The maximum absolute atomic E-state index is 12.5.